The van der Waals surface area contributed by atoms with Gasteiger partial charge in [0.05, 0.1) is 0 Å². The smallest absolute Gasteiger partial charge is 0.251 e. The van der Waals surface area contributed by atoms with Gasteiger partial charge in [-0.15, -0.1) is 0 Å². The molecule has 1 aromatic carbocycles. The van der Waals surface area contributed by atoms with Crippen LogP contribution in [0.3, 0.4) is 0 Å². The van der Waals surface area contributed by atoms with Crippen LogP contribution in [0.15, 0.2) is 52.2 Å². The Morgan fingerprint density at radius 2 is 1.94 bits per heavy atom. The van der Waals surface area contributed by atoms with Gasteiger partial charge in [0.25, 0.3) is 5.91 Å². The summed E-state index contributed by atoms with van der Waals surface area (Å²) >= 11 is 3.31. The van der Waals surface area contributed by atoms with Crippen LogP contribution in [0.5, 0.6) is 0 Å². The molecule has 0 aromatic heterocycles. The lowest BCUT2D eigenvalue weighted by Gasteiger charge is -1.98. The SMILES string of the molecule is CC1=C/C(=C/C(=O)c2ccc(Br)cc2)NC1=O. The first-order chi connectivity index (χ1) is 8.06. The van der Waals surface area contributed by atoms with Crippen LogP contribution in [0, 0.1) is 0 Å². The predicted molar refractivity (Wildman–Crippen MR) is 68.5 cm³/mol. The van der Waals surface area contributed by atoms with Crippen LogP contribution in [0.25, 0.3) is 0 Å². The maximum Gasteiger partial charge on any atom is 0.251 e. The van der Waals surface area contributed by atoms with Crippen molar-refractivity contribution in [1.29, 1.82) is 0 Å². The minimum Gasteiger partial charge on any atom is -0.322 e. The topological polar surface area (TPSA) is 46.2 Å². The molecule has 1 aromatic rings. The standard InChI is InChI=1S/C13H10BrNO2/c1-8-6-11(15-13(8)17)7-12(16)9-2-4-10(14)5-3-9/h2-7H,1H3,(H,15,17)/b11-7-. The number of halogens is 1. The van der Waals surface area contributed by atoms with Gasteiger partial charge in [-0.2, -0.15) is 0 Å². The van der Waals surface area contributed by atoms with Crippen LogP contribution in [0.2, 0.25) is 0 Å². The Labute approximate surface area is 107 Å². The number of hydrogen-bond acceptors (Lipinski definition) is 2. The van der Waals surface area contributed by atoms with Gasteiger partial charge in [0.2, 0.25) is 0 Å². The highest BCUT2D eigenvalue weighted by molar-refractivity contribution is 9.10. The molecule has 3 nitrogen and oxygen atoms in total. The molecule has 1 heterocycles. The number of rotatable bonds is 2. The second-order valence-corrected chi connectivity index (χ2v) is 4.67. The summed E-state index contributed by atoms with van der Waals surface area (Å²) in [6.45, 7) is 1.71. The zero-order valence-electron chi connectivity index (χ0n) is 9.16. The highest BCUT2D eigenvalue weighted by Crippen LogP contribution is 2.13. The van der Waals surface area contributed by atoms with Crippen molar-refractivity contribution >= 4 is 27.6 Å². The molecule has 1 aliphatic rings. The minimum absolute atomic E-state index is 0.126. The van der Waals surface area contributed by atoms with Gasteiger partial charge in [0.1, 0.15) is 0 Å². The Morgan fingerprint density at radius 1 is 1.29 bits per heavy atom. The summed E-state index contributed by atoms with van der Waals surface area (Å²) in [6, 6.07) is 7.08. The van der Waals surface area contributed by atoms with Crippen molar-refractivity contribution in [3.63, 3.8) is 0 Å². The Balaban J connectivity index is 2.20. The van der Waals surface area contributed by atoms with Crippen molar-refractivity contribution in [3.8, 4) is 0 Å². The molecule has 1 amide bonds. The van der Waals surface area contributed by atoms with E-state index in [2.05, 4.69) is 21.2 Å². The Bertz CT molecular complexity index is 541. The van der Waals surface area contributed by atoms with Crippen LogP contribution in [0.1, 0.15) is 17.3 Å². The molecule has 1 N–H and O–H groups in total. The van der Waals surface area contributed by atoms with Crippen molar-refractivity contribution in [2.24, 2.45) is 0 Å². The normalized spacial score (nSPS) is 16.9. The molecule has 0 fully saturated rings. The third-order valence-corrected chi connectivity index (χ3v) is 2.93. The summed E-state index contributed by atoms with van der Waals surface area (Å²) in [5.74, 6) is -0.279. The fourth-order valence-electron chi connectivity index (χ4n) is 1.48. The molecule has 0 saturated carbocycles. The summed E-state index contributed by atoms with van der Waals surface area (Å²) in [7, 11) is 0. The Hall–Kier alpha value is -1.68. The van der Waals surface area contributed by atoms with Crippen LogP contribution >= 0.6 is 15.9 Å². The molecule has 17 heavy (non-hydrogen) atoms. The van der Waals surface area contributed by atoms with E-state index in [-0.39, 0.29) is 11.7 Å². The maximum absolute atomic E-state index is 11.9. The largest absolute Gasteiger partial charge is 0.322 e. The fourth-order valence-corrected chi connectivity index (χ4v) is 1.75. The van der Waals surface area contributed by atoms with Gasteiger partial charge in [-0.25, -0.2) is 0 Å². The summed E-state index contributed by atoms with van der Waals surface area (Å²) in [4.78, 5) is 23.1. The third kappa shape index (κ3) is 2.71. The van der Waals surface area contributed by atoms with Crippen LogP contribution in [0.4, 0.5) is 0 Å². The van der Waals surface area contributed by atoms with Crippen molar-refractivity contribution < 1.29 is 9.59 Å². The molecule has 0 aliphatic carbocycles. The third-order valence-electron chi connectivity index (χ3n) is 2.40. The van der Waals surface area contributed by atoms with Gasteiger partial charge in [0, 0.05) is 27.4 Å². The van der Waals surface area contributed by atoms with Gasteiger partial charge in [-0.3, -0.25) is 9.59 Å². The minimum atomic E-state index is -0.153. The zero-order valence-corrected chi connectivity index (χ0v) is 10.7. The van der Waals surface area contributed by atoms with Crippen LogP contribution < -0.4 is 5.32 Å². The van der Waals surface area contributed by atoms with E-state index < -0.39 is 0 Å². The molecule has 0 spiro atoms. The van der Waals surface area contributed by atoms with Crippen molar-refractivity contribution in [2.45, 2.75) is 6.92 Å². The summed E-state index contributed by atoms with van der Waals surface area (Å²) < 4.78 is 0.923. The molecule has 0 saturated heterocycles. The molecule has 0 bridgehead atoms. The second-order valence-electron chi connectivity index (χ2n) is 3.75. The van der Waals surface area contributed by atoms with Crippen molar-refractivity contribution in [1.82, 2.24) is 5.32 Å². The summed E-state index contributed by atoms with van der Waals surface area (Å²) in [5.41, 5.74) is 1.74. The van der Waals surface area contributed by atoms with Crippen LogP contribution in [-0.2, 0) is 4.79 Å². The van der Waals surface area contributed by atoms with Crippen molar-refractivity contribution in [2.75, 3.05) is 0 Å². The lowest BCUT2D eigenvalue weighted by molar-refractivity contribution is -0.116. The number of carbonyl (C=O) groups excluding carboxylic acids is 2. The molecule has 86 valence electrons. The lowest BCUT2D eigenvalue weighted by atomic mass is 10.1. The molecule has 1 aliphatic heterocycles. The number of ketones is 1. The first kappa shape index (κ1) is 11.8. The number of hydrogen-bond donors (Lipinski definition) is 1. The van der Waals surface area contributed by atoms with Gasteiger partial charge >= 0.3 is 0 Å². The summed E-state index contributed by atoms with van der Waals surface area (Å²) in [6.07, 6.45) is 3.09. The summed E-state index contributed by atoms with van der Waals surface area (Å²) in [5, 5.41) is 2.62. The molecule has 4 heteroatoms. The molecule has 0 atom stereocenters. The second kappa shape index (κ2) is 4.67. The zero-order chi connectivity index (χ0) is 12.4. The molecule has 0 radical (unpaired) electrons. The van der Waals surface area contributed by atoms with E-state index in [0.717, 1.165) is 4.47 Å². The number of nitrogens with one attached hydrogen (secondary N) is 1. The number of allylic oxidation sites excluding steroid dienone is 2. The van der Waals surface area contributed by atoms with E-state index in [1.165, 1.54) is 6.08 Å². The van der Waals surface area contributed by atoms with E-state index in [1.54, 1.807) is 37.3 Å². The van der Waals surface area contributed by atoms with E-state index in [4.69, 9.17) is 0 Å². The van der Waals surface area contributed by atoms with Gasteiger partial charge < -0.3 is 5.32 Å². The molecule has 2 rings (SSSR count). The quantitative estimate of drug-likeness (QED) is 0.672. The monoisotopic (exact) mass is 291 g/mol. The maximum atomic E-state index is 11.9. The predicted octanol–water partition coefficient (Wildman–Crippen LogP) is 2.59. The van der Waals surface area contributed by atoms with E-state index in [0.29, 0.717) is 16.8 Å². The highest BCUT2D eigenvalue weighted by Gasteiger charge is 2.15. The van der Waals surface area contributed by atoms with Crippen LogP contribution in [-0.4, -0.2) is 11.7 Å². The average Bonchev–Trinajstić information content (AvgIpc) is 2.58. The Morgan fingerprint density at radius 3 is 2.47 bits per heavy atom. The first-order valence-corrected chi connectivity index (χ1v) is 5.87. The van der Waals surface area contributed by atoms with E-state index in [1.807, 2.05) is 0 Å². The van der Waals surface area contributed by atoms with Gasteiger partial charge in [-0.05, 0) is 37.3 Å². The molecular formula is C13H10BrNO2. The van der Waals surface area contributed by atoms with E-state index >= 15 is 0 Å². The Kier molecular flexibility index (Phi) is 3.24. The van der Waals surface area contributed by atoms with Gasteiger partial charge in [-0.1, -0.05) is 15.9 Å². The van der Waals surface area contributed by atoms with Crippen molar-refractivity contribution in [3.05, 3.63) is 57.7 Å². The number of carbonyl (C=O) groups is 2. The number of amides is 1. The first-order valence-electron chi connectivity index (χ1n) is 5.07. The lowest BCUT2D eigenvalue weighted by Crippen LogP contribution is -2.16. The van der Waals surface area contributed by atoms with E-state index in [9.17, 15) is 9.59 Å². The average molecular weight is 292 g/mol. The highest BCUT2D eigenvalue weighted by atomic mass is 79.9. The molecular weight excluding hydrogens is 282 g/mol. The molecule has 0 unspecified atom stereocenters. The van der Waals surface area contributed by atoms with Gasteiger partial charge in [0.15, 0.2) is 5.78 Å². The fraction of sp³-hybridized carbons (Fsp3) is 0.0769. The number of benzene rings is 1.